The van der Waals surface area contributed by atoms with Crippen LogP contribution in [-0.4, -0.2) is 17.0 Å². The van der Waals surface area contributed by atoms with Gasteiger partial charge in [0.1, 0.15) is 11.5 Å². The number of halogens is 1. The lowest BCUT2D eigenvalue weighted by Gasteiger charge is -2.02. The lowest BCUT2D eigenvalue weighted by Crippen LogP contribution is -2.21. The summed E-state index contributed by atoms with van der Waals surface area (Å²) in [5.41, 5.74) is 2.40. The van der Waals surface area contributed by atoms with Crippen molar-refractivity contribution < 1.29 is 19.1 Å². The SMILES string of the molecule is Cc1ccc(N=C2NC(=O)/C(=C/c3ccc(-c4ccc(C(=O)[O-])cc4)o3)S2)cc1Cl. The van der Waals surface area contributed by atoms with E-state index < -0.39 is 5.97 Å². The highest BCUT2D eigenvalue weighted by Gasteiger charge is 2.24. The number of nitrogens with one attached hydrogen (secondary N) is 1. The Morgan fingerprint density at radius 1 is 1.17 bits per heavy atom. The number of amides is 1. The number of carboxylic acids is 1. The maximum Gasteiger partial charge on any atom is 0.264 e. The third kappa shape index (κ3) is 4.32. The largest absolute Gasteiger partial charge is 0.545 e. The molecule has 0 bridgehead atoms. The maximum absolute atomic E-state index is 12.3. The third-order valence-corrected chi connectivity index (χ3v) is 5.66. The van der Waals surface area contributed by atoms with E-state index >= 15 is 0 Å². The monoisotopic (exact) mass is 437 g/mol. The summed E-state index contributed by atoms with van der Waals surface area (Å²) < 4.78 is 5.77. The Bertz CT molecular complexity index is 1210. The molecule has 30 heavy (non-hydrogen) atoms. The van der Waals surface area contributed by atoms with Crippen molar-refractivity contribution in [1.82, 2.24) is 5.32 Å². The second-order valence-electron chi connectivity index (χ2n) is 6.48. The first-order valence-electron chi connectivity index (χ1n) is 8.86. The number of hydrogen-bond donors (Lipinski definition) is 1. The average Bonchev–Trinajstić information content (AvgIpc) is 3.32. The molecule has 6 nitrogen and oxygen atoms in total. The molecule has 1 aliphatic heterocycles. The van der Waals surface area contributed by atoms with E-state index in [1.54, 1.807) is 36.4 Å². The maximum atomic E-state index is 12.3. The molecule has 8 heteroatoms. The molecule has 0 atom stereocenters. The van der Waals surface area contributed by atoms with E-state index in [4.69, 9.17) is 16.0 Å². The number of hydrogen-bond acceptors (Lipinski definition) is 6. The van der Waals surface area contributed by atoms with Crippen molar-refractivity contribution >= 4 is 52.2 Å². The molecule has 1 aliphatic rings. The van der Waals surface area contributed by atoms with Gasteiger partial charge in [0.15, 0.2) is 5.17 Å². The minimum Gasteiger partial charge on any atom is -0.545 e. The van der Waals surface area contributed by atoms with Crippen LogP contribution in [0.1, 0.15) is 21.7 Å². The molecule has 3 aromatic rings. The van der Waals surface area contributed by atoms with Crippen molar-refractivity contribution in [2.24, 2.45) is 4.99 Å². The van der Waals surface area contributed by atoms with Crippen LogP contribution in [-0.2, 0) is 4.79 Å². The second-order valence-corrected chi connectivity index (χ2v) is 7.92. The van der Waals surface area contributed by atoms with Crippen LogP contribution in [0.5, 0.6) is 0 Å². The molecule has 4 rings (SSSR count). The molecule has 1 aromatic heterocycles. The van der Waals surface area contributed by atoms with Gasteiger partial charge in [-0.15, -0.1) is 0 Å². The second kappa shape index (κ2) is 8.22. The number of carbonyl (C=O) groups is 2. The fraction of sp³-hybridized carbons (Fsp3) is 0.0455. The number of aliphatic imine (C=N–C) groups is 1. The van der Waals surface area contributed by atoms with Gasteiger partial charge in [-0.1, -0.05) is 41.9 Å². The first-order valence-corrected chi connectivity index (χ1v) is 10.1. The van der Waals surface area contributed by atoms with Crippen LogP contribution < -0.4 is 10.4 Å². The minimum atomic E-state index is -1.24. The average molecular weight is 438 g/mol. The van der Waals surface area contributed by atoms with Crippen LogP contribution in [0.3, 0.4) is 0 Å². The highest BCUT2D eigenvalue weighted by molar-refractivity contribution is 8.18. The fourth-order valence-electron chi connectivity index (χ4n) is 2.73. The zero-order valence-corrected chi connectivity index (χ0v) is 17.2. The predicted octanol–water partition coefficient (Wildman–Crippen LogP) is 4.16. The topological polar surface area (TPSA) is 94.7 Å². The molecule has 1 saturated heterocycles. The van der Waals surface area contributed by atoms with Gasteiger partial charge in [-0.05, 0) is 54.1 Å². The summed E-state index contributed by atoms with van der Waals surface area (Å²) in [6.45, 7) is 1.90. The van der Waals surface area contributed by atoms with Crippen LogP contribution in [0.4, 0.5) is 5.69 Å². The van der Waals surface area contributed by atoms with Crippen LogP contribution >= 0.6 is 23.4 Å². The number of aromatic carboxylic acids is 1. The van der Waals surface area contributed by atoms with Crippen molar-refractivity contribution in [2.45, 2.75) is 6.92 Å². The van der Waals surface area contributed by atoms with E-state index in [0.717, 1.165) is 5.56 Å². The lowest BCUT2D eigenvalue weighted by atomic mass is 10.1. The van der Waals surface area contributed by atoms with E-state index in [1.165, 1.54) is 23.9 Å². The van der Waals surface area contributed by atoms with Gasteiger partial charge < -0.3 is 19.6 Å². The first-order chi connectivity index (χ1) is 14.4. The van der Waals surface area contributed by atoms with Gasteiger partial charge in [-0.2, -0.15) is 0 Å². The summed E-state index contributed by atoms with van der Waals surface area (Å²) in [4.78, 5) is 28.0. The van der Waals surface area contributed by atoms with E-state index in [2.05, 4.69) is 10.3 Å². The summed E-state index contributed by atoms with van der Waals surface area (Å²) in [6, 6.07) is 15.1. The number of benzene rings is 2. The molecule has 0 saturated carbocycles. The van der Waals surface area contributed by atoms with Gasteiger partial charge in [0.25, 0.3) is 5.91 Å². The van der Waals surface area contributed by atoms with Crippen LogP contribution in [0.15, 0.2) is 68.9 Å². The number of rotatable bonds is 4. The first kappa shape index (κ1) is 20.0. The van der Waals surface area contributed by atoms with Crippen molar-refractivity contribution in [1.29, 1.82) is 0 Å². The van der Waals surface area contributed by atoms with Crippen molar-refractivity contribution in [3.63, 3.8) is 0 Å². The molecular weight excluding hydrogens is 424 g/mol. The van der Waals surface area contributed by atoms with Gasteiger partial charge in [0, 0.05) is 16.7 Å². The van der Waals surface area contributed by atoms with Gasteiger partial charge in [0.2, 0.25) is 0 Å². The number of nitrogens with zero attached hydrogens (tertiary/aromatic N) is 1. The molecule has 0 radical (unpaired) electrons. The summed E-state index contributed by atoms with van der Waals surface area (Å²) in [5, 5.41) is 14.6. The molecule has 0 aliphatic carbocycles. The van der Waals surface area contributed by atoms with Gasteiger partial charge in [-0.25, -0.2) is 4.99 Å². The molecule has 1 N–H and O–H groups in total. The van der Waals surface area contributed by atoms with E-state index in [1.807, 2.05) is 19.1 Å². The quantitative estimate of drug-likeness (QED) is 0.618. The number of thioether (sulfide) groups is 1. The normalized spacial score (nSPS) is 16.3. The molecule has 1 fully saturated rings. The minimum absolute atomic E-state index is 0.0911. The number of amidine groups is 1. The Morgan fingerprint density at radius 3 is 2.63 bits per heavy atom. The van der Waals surface area contributed by atoms with Crippen molar-refractivity contribution in [2.75, 3.05) is 0 Å². The lowest BCUT2D eigenvalue weighted by molar-refractivity contribution is -0.255. The number of furan rings is 1. The van der Waals surface area contributed by atoms with Crippen LogP contribution in [0.2, 0.25) is 5.02 Å². The van der Waals surface area contributed by atoms with Crippen LogP contribution in [0.25, 0.3) is 17.4 Å². The fourth-order valence-corrected chi connectivity index (χ4v) is 3.73. The molecule has 1 amide bonds. The van der Waals surface area contributed by atoms with Crippen molar-refractivity contribution in [3.05, 3.63) is 81.4 Å². The molecule has 0 spiro atoms. The third-order valence-electron chi connectivity index (χ3n) is 4.34. The molecular formula is C22H14ClN2O4S-. The zero-order chi connectivity index (χ0) is 21.3. The summed E-state index contributed by atoms with van der Waals surface area (Å²) >= 11 is 7.33. The predicted molar refractivity (Wildman–Crippen MR) is 115 cm³/mol. The van der Waals surface area contributed by atoms with E-state index in [-0.39, 0.29) is 11.5 Å². The highest BCUT2D eigenvalue weighted by atomic mass is 35.5. The molecule has 150 valence electrons. The Balaban J connectivity index is 1.52. The smallest absolute Gasteiger partial charge is 0.264 e. The Hall–Kier alpha value is -3.29. The van der Waals surface area contributed by atoms with Gasteiger partial charge in [-0.3, -0.25) is 4.79 Å². The van der Waals surface area contributed by atoms with Crippen LogP contribution in [0, 0.1) is 6.92 Å². The summed E-state index contributed by atoms with van der Waals surface area (Å²) in [6.07, 6.45) is 1.63. The van der Waals surface area contributed by atoms with E-state index in [9.17, 15) is 14.7 Å². The number of aryl methyl sites for hydroxylation is 1. The molecule has 2 heterocycles. The standard InChI is InChI=1S/C22H15ClN2O4S/c1-12-2-7-15(10-17(12)23)24-22-25-20(26)19(30-22)11-16-8-9-18(29-16)13-3-5-14(6-4-13)21(27)28/h2-11H,1H3,(H,27,28)(H,24,25,26)/p-1/b19-11-. The highest BCUT2D eigenvalue weighted by Crippen LogP contribution is 2.31. The Labute approximate surface area is 181 Å². The molecule has 2 aromatic carbocycles. The van der Waals surface area contributed by atoms with Crippen molar-refractivity contribution in [3.8, 4) is 11.3 Å². The Morgan fingerprint density at radius 2 is 1.93 bits per heavy atom. The molecule has 0 unspecified atom stereocenters. The van der Waals surface area contributed by atoms with Gasteiger partial charge >= 0.3 is 0 Å². The summed E-state index contributed by atoms with van der Waals surface area (Å²) in [5.74, 6) is -0.459. The van der Waals surface area contributed by atoms with Gasteiger partial charge in [0.05, 0.1) is 16.6 Å². The zero-order valence-electron chi connectivity index (χ0n) is 15.6. The summed E-state index contributed by atoms with van der Waals surface area (Å²) in [7, 11) is 0. The Kier molecular flexibility index (Phi) is 5.48. The van der Waals surface area contributed by atoms with E-state index in [0.29, 0.717) is 37.9 Å². The number of carbonyl (C=O) groups excluding carboxylic acids is 2. The number of carboxylic acid groups (broad SMARTS) is 1.